The van der Waals surface area contributed by atoms with Crippen LogP contribution in [0.25, 0.3) is 6.20 Å². The fraction of sp³-hybridized carbons (Fsp3) is 0.750. The molecule has 4 saturated carbocycles. The second-order valence-electron chi connectivity index (χ2n) is 12.4. The van der Waals surface area contributed by atoms with Crippen LogP contribution in [-0.2, 0) is 4.79 Å². The summed E-state index contributed by atoms with van der Waals surface area (Å²) in [6.45, 7) is 9.53. The highest BCUT2D eigenvalue weighted by Gasteiger charge is 2.48. The Morgan fingerprint density at radius 1 is 1.08 bits per heavy atom. The van der Waals surface area contributed by atoms with Gasteiger partial charge >= 0.3 is 0 Å². The Kier molecular flexibility index (Phi) is 7.16. The minimum absolute atomic E-state index is 0.0102. The van der Waals surface area contributed by atoms with Crippen LogP contribution >= 0.6 is 0 Å². The molecule has 4 bridgehead atoms. The molecule has 2 heterocycles. The third-order valence-corrected chi connectivity index (χ3v) is 8.76. The molecule has 5 aliphatic rings. The number of aromatic nitrogens is 2. The third-order valence-electron chi connectivity index (χ3n) is 8.76. The van der Waals surface area contributed by atoms with Crippen molar-refractivity contribution in [2.75, 3.05) is 13.1 Å². The Hall–Kier alpha value is -2.35. The van der Waals surface area contributed by atoms with Gasteiger partial charge in [0.2, 0.25) is 11.8 Å². The minimum atomic E-state index is -0.727. The van der Waals surface area contributed by atoms with Crippen molar-refractivity contribution in [3.8, 4) is 5.88 Å². The summed E-state index contributed by atoms with van der Waals surface area (Å²) in [7, 11) is 0. The van der Waals surface area contributed by atoms with Gasteiger partial charge in [-0.05, 0) is 109 Å². The number of hydrogen-bond donors (Lipinski definition) is 3. The van der Waals surface area contributed by atoms with Gasteiger partial charge in [0.1, 0.15) is 5.56 Å². The molecule has 8 heteroatoms. The first-order valence-electron chi connectivity index (χ1n) is 14.0. The molecule has 1 aromatic heterocycles. The molecule has 0 unspecified atom stereocenters. The molecule has 0 atom stereocenters. The lowest BCUT2D eigenvalue weighted by molar-refractivity contribution is -0.128. The lowest BCUT2D eigenvalue weighted by atomic mass is 9.54. The molecule has 3 N–H and O–H groups in total. The third kappa shape index (κ3) is 5.34. The summed E-state index contributed by atoms with van der Waals surface area (Å²) in [6.07, 6.45) is 13.4. The van der Waals surface area contributed by atoms with Crippen LogP contribution in [-0.4, -0.2) is 52.9 Å². The summed E-state index contributed by atoms with van der Waals surface area (Å²) in [4.78, 5) is 26.4. The Bertz CT molecular complexity index is 963. The summed E-state index contributed by atoms with van der Waals surface area (Å²) in [5.74, 6) is 3.25. The van der Waals surface area contributed by atoms with Crippen molar-refractivity contribution in [3.05, 3.63) is 17.8 Å². The van der Waals surface area contributed by atoms with Gasteiger partial charge in [0.15, 0.2) is 0 Å². The van der Waals surface area contributed by atoms with Gasteiger partial charge in [-0.3, -0.25) is 9.59 Å². The first kappa shape index (κ1) is 25.3. The smallest absolute Gasteiger partial charge is 0.258 e. The van der Waals surface area contributed by atoms with Gasteiger partial charge in [0.25, 0.3) is 5.91 Å². The standard InChI is InChI=1S/C28H43N5O3/c1-17(2)36-26-23(25(34)32-24-20-12-18-11-19(14-20)15-21(24)13-18)16-30-33(26)10-7-28(3,4)27(35)31-22-5-8-29-9-6-22/h7,10,16-22,24,29H,5-6,8-9,11-15H2,1-4H3,(H,31,35)(H,32,34)/b10-7+. The summed E-state index contributed by atoms with van der Waals surface area (Å²) >= 11 is 0. The van der Waals surface area contributed by atoms with E-state index in [9.17, 15) is 9.59 Å². The maximum Gasteiger partial charge on any atom is 0.258 e. The largest absolute Gasteiger partial charge is 0.474 e. The van der Waals surface area contributed by atoms with E-state index in [1.807, 2.05) is 33.8 Å². The molecule has 2 amide bonds. The average molecular weight is 498 g/mol. The van der Waals surface area contributed by atoms with Crippen LogP contribution in [0.1, 0.15) is 83.0 Å². The van der Waals surface area contributed by atoms with Gasteiger partial charge in [-0.1, -0.05) is 6.08 Å². The van der Waals surface area contributed by atoms with E-state index in [-0.39, 0.29) is 30.0 Å². The molecule has 1 aliphatic heterocycles. The molecule has 1 saturated heterocycles. The first-order valence-corrected chi connectivity index (χ1v) is 14.0. The zero-order valence-electron chi connectivity index (χ0n) is 22.3. The summed E-state index contributed by atoms with van der Waals surface area (Å²) in [5, 5.41) is 14.3. The highest BCUT2D eigenvalue weighted by Crippen LogP contribution is 2.53. The van der Waals surface area contributed by atoms with E-state index in [1.165, 1.54) is 32.1 Å². The molecular formula is C28H43N5O3. The van der Waals surface area contributed by atoms with Crippen LogP contribution in [0.2, 0.25) is 0 Å². The maximum atomic E-state index is 13.4. The zero-order valence-corrected chi connectivity index (χ0v) is 22.3. The van der Waals surface area contributed by atoms with Crippen LogP contribution in [0.3, 0.4) is 0 Å². The molecule has 198 valence electrons. The normalized spacial score (nSPS) is 30.2. The lowest BCUT2D eigenvalue weighted by Gasteiger charge is -2.54. The number of hydrogen-bond acceptors (Lipinski definition) is 5. The van der Waals surface area contributed by atoms with Crippen molar-refractivity contribution < 1.29 is 14.3 Å². The zero-order chi connectivity index (χ0) is 25.4. The van der Waals surface area contributed by atoms with Crippen molar-refractivity contribution in [3.63, 3.8) is 0 Å². The summed E-state index contributed by atoms with van der Waals surface area (Å²) in [5.41, 5.74) is -0.270. The second kappa shape index (κ2) is 10.2. The Morgan fingerprint density at radius 3 is 2.33 bits per heavy atom. The minimum Gasteiger partial charge on any atom is -0.474 e. The number of carbonyl (C=O) groups excluding carboxylic acids is 2. The summed E-state index contributed by atoms with van der Waals surface area (Å²) < 4.78 is 7.66. The number of ether oxygens (including phenoxy) is 1. The Labute approximate surface area is 215 Å². The fourth-order valence-electron chi connectivity index (χ4n) is 7.01. The van der Waals surface area contributed by atoms with Crippen LogP contribution in [0.5, 0.6) is 5.88 Å². The molecule has 0 radical (unpaired) electrons. The lowest BCUT2D eigenvalue weighted by Crippen LogP contribution is -2.55. The number of nitrogens with zero attached hydrogens (tertiary/aromatic N) is 2. The topological polar surface area (TPSA) is 97.3 Å². The van der Waals surface area contributed by atoms with Crippen molar-refractivity contribution >= 4 is 18.0 Å². The van der Waals surface area contributed by atoms with E-state index in [0.29, 0.717) is 23.3 Å². The Morgan fingerprint density at radius 2 is 1.72 bits per heavy atom. The van der Waals surface area contributed by atoms with E-state index in [4.69, 9.17) is 4.74 Å². The van der Waals surface area contributed by atoms with E-state index >= 15 is 0 Å². The average Bonchev–Trinajstić information content (AvgIpc) is 3.22. The monoisotopic (exact) mass is 497 g/mol. The highest BCUT2D eigenvalue weighted by molar-refractivity contribution is 5.96. The number of rotatable bonds is 8. The molecule has 1 aromatic rings. The van der Waals surface area contributed by atoms with Gasteiger partial charge in [0.05, 0.1) is 17.7 Å². The molecule has 4 aliphatic carbocycles. The van der Waals surface area contributed by atoms with E-state index in [0.717, 1.165) is 37.8 Å². The van der Waals surface area contributed by atoms with E-state index in [1.54, 1.807) is 17.1 Å². The van der Waals surface area contributed by atoms with Gasteiger partial charge in [-0.15, -0.1) is 0 Å². The quantitative estimate of drug-likeness (QED) is 0.510. The molecule has 5 fully saturated rings. The van der Waals surface area contributed by atoms with E-state index < -0.39 is 5.41 Å². The second-order valence-corrected chi connectivity index (χ2v) is 12.4. The van der Waals surface area contributed by atoms with Crippen molar-refractivity contribution in [2.24, 2.45) is 29.1 Å². The molecule has 0 aromatic carbocycles. The summed E-state index contributed by atoms with van der Waals surface area (Å²) in [6, 6.07) is 0.463. The van der Waals surface area contributed by atoms with Gasteiger partial charge in [-0.25, -0.2) is 4.68 Å². The SMILES string of the molecule is CC(C)Oc1c(C(=O)NC2C3CC4CC(C3)CC2C4)cnn1/C=C/C(C)(C)C(=O)NC1CCNCC1. The predicted molar refractivity (Wildman–Crippen MR) is 139 cm³/mol. The van der Waals surface area contributed by atoms with Crippen LogP contribution in [0.4, 0.5) is 0 Å². The van der Waals surface area contributed by atoms with E-state index in [2.05, 4.69) is 21.0 Å². The molecule has 6 rings (SSSR count). The number of amides is 2. The van der Waals surface area contributed by atoms with Crippen molar-refractivity contribution in [1.29, 1.82) is 0 Å². The van der Waals surface area contributed by atoms with Crippen molar-refractivity contribution in [1.82, 2.24) is 25.7 Å². The number of piperidine rings is 1. The molecular weight excluding hydrogens is 454 g/mol. The van der Waals surface area contributed by atoms with Crippen molar-refractivity contribution in [2.45, 2.75) is 90.8 Å². The van der Waals surface area contributed by atoms with Gasteiger partial charge < -0.3 is 20.7 Å². The maximum absolute atomic E-state index is 13.4. The number of carbonyl (C=O) groups is 2. The van der Waals surface area contributed by atoms with Crippen LogP contribution in [0.15, 0.2) is 12.3 Å². The Balaban J connectivity index is 1.29. The fourth-order valence-corrected chi connectivity index (χ4v) is 7.01. The van der Waals surface area contributed by atoms with Crippen LogP contribution in [0, 0.1) is 29.1 Å². The molecule has 8 nitrogen and oxygen atoms in total. The highest BCUT2D eigenvalue weighted by atomic mass is 16.5. The van der Waals surface area contributed by atoms with Crippen LogP contribution < -0.4 is 20.7 Å². The predicted octanol–water partition coefficient (Wildman–Crippen LogP) is 3.59. The van der Waals surface area contributed by atoms with Gasteiger partial charge in [-0.2, -0.15) is 5.10 Å². The first-order chi connectivity index (χ1) is 17.2. The number of nitrogens with one attached hydrogen (secondary N) is 3. The van der Waals surface area contributed by atoms with Gasteiger partial charge in [0, 0.05) is 18.3 Å². The molecule has 36 heavy (non-hydrogen) atoms. The molecule has 0 spiro atoms.